The molecule has 1 atom stereocenters. The van der Waals surface area contributed by atoms with E-state index >= 15 is 0 Å². The number of anilines is 1. The molecule has 6 nitrogen and oxygen atoms in total. The van der Waals surface area contributed by atoms with E-state index in [4.69, 9.17) is 5.73 Å². The van der Waals surface area contributed by atoms with Crippen LogP contribution in [0.15, 0.2) is 5.16 Å². The van der Waals surface area contributed by atoms with Crippen molar-refractivity contribution in [2.24, 2.45) is 0 Å². The number of thioether (sulfide) groups is 1. The van der Waals surface area contributed by atoms with Gasteiger partial charge in [0.1, 0.15) is 6.04 Å². The zero-order chi connectivity index (χ0) is 12.4. The van der Waals surface area contributed by atoms with Crippen LogP contribution in [0.1, 0.15) is 25.8 Å². The van der Waals surface area contributed by atoms with Gasteiger partial charge in [0.2, 0.25) is 11.9 Å². The molecule has 0 bridgehead atoms. The van der Waals surface area contributed by atoms with E-state index in [2.05, 4.69) is 10.2 Å². The third-order valence-corrected chi connectivity index (χ3v) is 3.68. The summed E-state index contributed by atoms with van der Waals surface area (Å²) in [6, 6.07) is -0.328. The topological polar surface area (TPSA) is 77.0 Å². The molecule has 1 aromatic heterocycles. The fourth-order valence-corrected chi connectivity index (χ4v) is 2.67. The molecular weight excluding hydrogens is 238 g/mol. The van der Waals surface area contributed by atoms with Gasteiger partial charge < -0.3 is 10.6 Å². The lowest BCUT2D eigenvalue weighted by atomic mass is 10.3. The molecule has 0 radical (unpaired) electrons. The average molecular weight is 255 g/mol. The fraction of sp³-hybridized carbons (Fsp3) is 0.700. The largest absolute Gasteiger partial charge is 0.368 e. The molecule has 1 amide bonds. The van der Waals surface area contributed by atoms with Gasteiger partial charge in [-0.2, -0.15) is 0 Å². The lowest BCUT2D eigenvalue weighted by Crippen LogP contribution is -2.34. The number of nitrogens with two attached hydrogens (primary N) is 1. The van der Waals surface area contributed by atoms with Crippen molar-refractivity contribution < 1.29 is 4.79 Å². The summed E-state index contributed by atoms with van der Waals surface area (Å²) >= 11 is 1.44. The Morgan fingerprint density at radius 3 is 2.65 bits per heavy atom. The summed E-state index contributed by atoms with van der Waals surface area (Å²) in [6.45, 7) is 3.54. The van der Waals surface area contributed by atoms with Crippen LogP contribution in [-0.2, 0) is 4.79 Å². The molecule has 1 unspecified atom stereocenters. The number of hydrogen-bond donors (Lipinski definition) is 1. The minimum atomic E-state index is -0.328. The van der Waals surface area contributed by atoms with Crippen LogP contribution < -0.4 is 5.73 Å². The fourth-order valence-electron chi connectivity index (χ4n) is 2.10. The van der Waals surface area contributed by atoms with Crippen LogP contribution in [0.3, 0.4) is 0 Å². The number of nitrogen functional groups attached to an aromatic ring is 1. The quantitative estimate of drug-likeness (QED) is 0.807. The van der Waals surface area contributed by atoms with E-state index in [1.54, 1.807) is 4.57 Å². The van der Waals surface area contributed by atoms with E-state index in [9.17, 15) is 4.79 Å². The smallest absolute Gasteiger partial charge is 0.245 e. The van der Waals surface area contributed by atoms with Gasteiger partial charge in [-0.25, -0.2) is 0 Å². The zero-order valence-electron chi connectivity index (χ0n) is 10.1. The van der Waals surface area contributed by atoms with Crippen molar-refractivity contribution in [2.75, 3.05) is 25.1 Å². The maximum Gasteiger partial charge on any atom is 0.245 e. The van der Waals surface area contributed by atoms with E-state index in [-0.39, 0.29) is 11.9 Å². The first-order chi connectivity index (χ1) is 8.15. The van der Waals surface area contributed by atoms with Crippen molar-refractivity contribution in [3.05, 3.63) is 0 Å². The lowest BCUT2D eigenvalue weighted by Gasteiger charge is -2.22. The number of likely N-dealkylation sites (tertiary alicyclic amines) is 1. The standard InChI is InChI=1S/C10H17N5OS/c1-7(8(16)14-5-3-4-6-14)15-9(11)12-13-10(15)17-2/h7H,3-6H2,1-2H3,(H2,11,12). The highest BCUT2D eigenvalue weighted by atomic mass is 32.2. The summed E-state index contributed by atoms with van der Waals surface area (Å²) in [7, 11) is 0. The molecule has 0 saturated carbocycles. The normalized spacial score (nSPS) is 17.4. The van der Waals surface area contributed by atoms with Gasteiger partial charge in [0, 0.05) is 13.1 Å². The van der Waals surface area contributed by atoms with Crippen molar-refractivity contribution in [2.45, 2.75) is 31.0 Å². The highest BCUT2D eigenvalue weighted by Gasteiger charge is 2.27. The van der Waals surface area contributed by atoms with E-state index < -0.39 is 0 Å². The first kappa shape index (κ1) is 12.2. The molecule has 0 aliphatic carbocycles. The van der Waals surface area contributed by atoms with Crippen molar-refractivity contribution in [3.8, 4) is 0 Å². The van der Waals surface area contributed by atoms with Gasteiger partial charge in [0.25, 0.3) is 0 Å². The average Bonchev–Trinajstić information content (AvgIpc) is 2.96. The highest BCUT2D eigenvalue weighted by Crippen LogP contribution is 2.23. The van der Waals surface area contributed by atoms with Gasteiger partial charge in [-0.15, -0.1) is 10.2 Å². The van der Waals surface area contributed by atoms with Gasteiger partial charge in [0.05, 0.1) is 0 Å². The Labute approximate surface area is 105 Å². The van der Waals surface area contributed by atoms with E-state index in [1.807, 2.05) is 18.1 Å². The molecule has 1 aliphatic heterocycles. The molecule has 2 N–H and O–H groups in total. The van der Waals surface area contributed by atoms with Crippen LogP contribution in [0.4, 0.5) is 5.95 Å². The van der Waals surface area contributed by atoms with Gasteiger partial charge in [-0.3, -0.25) is 9.36 Å². The monoisotopic (exact) mass is 255 g/mol. The first-order valence-electron chi connectivity index (χ1n) is 5.68. The summed E-state index contributed by atoms with van der Waals surface area (Å²) in [5, 5.41) is 8.44. The Kier molecular flexibility index (Phi) is 3.56. The van der Waals surface area contributed by atoms with E-state index in [0.29, 0.717) is 11.1 Å². The number of carbonyl (C=O) groups excluding carboxylic acids is 1. The second kappa shape index (κ2) is 4.95. The second-order valence-electron chi connectivity index (χ2n) is 4.12. The molecule has 1 fully saturated rings. The first-order valence-corrected chi connectivity index (χ1v) is 6.90. The molecular formula is C10H17N5OS. The van der Waals surface area contributed by atoms with Crippen molar-refractivity contribution >= 4 is 23.6 Å². The minimum Gasteiger partial charge on any atom is -0.368 e. The SMILES string of the molecule is CSc1nnc(N)n1C(C)C(=O)N1CCCC1. The molecule has 17 heavy (non-hydrogen) atoms. The Morgan fingerprint density at radius 1 is 1.41 bits per heavy atom. The molecule has 1 saturated heterocycles. The summed E-state index contributed by atoms with van der Waals surface area (Å²) in [5.74, 6) is 0.402. The van der Waals surface area contributed by atoms with Crippen LogP contribution in [0, 0.1) is 0 Å². The molecule has 1 aliphatic rings. The Morgan fingerprint density at radius 2 is 2.06 bits per heavy atom. The molecule has 2 rings (SSSR count). The number of hydrogen-bond acceptors (Lipinski definition) is 5. The second-order valence-corrected chi connectivity index (χ2v) is 4.90. The third kappa shape index (κ3) is 2.24. The molecule has 94 valence electrons. The Hall–Kier alpha value is -1.24. The summed E-state index contributed by atoms with van der Waals surface area (Å²) < 4.78 is 1.70. The molecule has 7 heteroatoms. The van der Waals surface area contributed by atoms with Gasteiger partial charge in [0.15, 0.2) is 5.16 Å². The Balaban J connectivity index is 2.20. The molecule has 0 spiro atoms. The van der Waals surface area contributed by atoms with Gasteiger partial charge in [-0.05, 0) is 26.0 Å². The van der Waals surface area contributed by atoms with Crippen LogP contribution in [0.25, 0.3) is 0 Å². The number of nitrogens with zero attached hydrogens (tertiary/aromatic N) is 4. The predicted octanol–water partition coefficient (Wildman–Crippen LogP) is 0.766. The van der Waals surface area contributed by atoms with Crippen molar-refractivity contribution in [3.63, 3.8) is 0 Å². The highest BCUT2D eigenvalue weighted by molar-refractivity contribution is 7.98. The van der Waals surface area contributed by atoms with Crippen LogP contribution in [0.5, 0.6) is 0 Å². The van der Waals surface area contributed by atoms with Crippen molar-refractivity contribution in [1.82, 2.24) is 19.7 Å². The number of amides is 1. The van der Waals surface area contributed by atoms with Gasteiger partial charge >= 0.3 is 0 Å². The van der Waals surface area contributed by atoms with Gasteiger partial charge in [-0.1, -0.05) is 11.8 Å². The van der Waals surface area contributed by atoms with Crippen LogP contribution in [-0.4, -0.2) is 44.9 Å². The lowest BCUT2D eigenvalue weighted by molar-refractivity contribution is -0.133. The summed E-state index contributed by atoms with van der Waals surface area (Å²) in [4.78, 5) is 14.1. The maximum absolute atomic E-state index is 12.2. The number of aromatic nitrogens is 3. The molecule has 1 aromatic rings. The van der Waals surface area contributed by atoms with Crippen LogP contribution >= 0.6 is 11.8 Å². The minimum absolute atomic E-state index is 0.101. The van der Waals surface area contributed by atoms with Crippen molar-refractivity contribution in [1.29, 1.82) is 0 Å². The summed E-state index contributed by atoms with van der Waals surface area (Å²) in [6.07, 6.45) is 4.07. The maximum atomic E-state index is 12.2. The van der Waals surface area contributed by atoms with E-state index in [1.165, 1.54) is 11.8 Å². The van der Waals surface area contributed by atoms with Crippen LogP contribution in [0.2, 0.25) is 0 Å². The third-order valence-electron chi connectivity index (χ3n) is 3.04. The van der Waals surface area contributed by atoms with E-state index in [0.717, 1.165) is 25.9 Å². The number of rotatable bonds is 3. The Bertz CT molecular complexity index is 413. The number of carbonyl (C=O) groups is 1. The predicted molar refractivity (Wildman–Crippen MR) is 66.7 cm³/mol. The molecule has 2 heterocycles. The zero-order valence-corrected chi connectivity index (χ0v) is 10.9. The summed E-state index contributed by atoms with van der Waals surface area (Å²) in [5.41, 5.74) is 5.76. The molecule has 0 aromatic carbocycles.